The van der Waals surface area contributed by atoms with E-state index in [-0.39, 0.29) is 17.2 Å². The van der Waals surface area contributed by atoms with Gasteiger partial charge in [0.15, 0.2) is 6.10 Å². The van der Waals surface area contributed by atoms with Crippen LogP contribution in [0.4, 0.5) is 5.69 Å². The first-order valence-electron chi connectivity index (χ1n) is 5.38. The summed E-state index contributed by atoms with van der Waals surface area (Å²) in [5, 5.41) is 0.213. The fourth-order valence-electron chi connectivity index (χ4n) is 1.23. The van der Waals surface area contributed by atoms with E-state index in [1.54, 1.807) is 13.0 Å². The predicted molar refractivity (Wildman–Crippen MR) is 67.4 cm³/mol. The van der Waals surface area contributed by atoms with Crippen molar-refractivity contribution in [3.05, 3.63) is 28.8 Å². The molecular weight excluding hydrogens is 258 g/mol. The van der Waals surface area contributed by atoms with Crippen LogP contribution in [0.3, 0.4) is 0 Å². The van der Waals surface area contributed by atoms with Gasteiger partial charge in [-0.05, 0) is 32.0 Å². The molecule has 1 aromatic carbocycles. The molecule has 0 aliphatic heterocycles. The second-order valence-electron chi connectivity index (χ2n) is 3.54. The molecule has 18 heavy (non-hydrogen) atoms. The van der Waals surface area contributed by atoms with Gasteiger partial charge in [0.2, 0.25) is 0 Å². The normalized spacial score (nSPS) is 11.7. The maximum absolute atomic E-state index is 11.8. The number of anilines is 1. The highest BCUT2D eigenvalue weighted by Crippen LogP contribution is 2.20. The number of halogens is 1. The fraction of sp³-hybridized carbons (Fsp3) is 0.333. The molecule has 0 heterocycles. The van der Waals surface area contributed by atoms with Crippen molar-refractivity contribution in [3.8, 4) is 0 Å². The molecule has 0 radical (unpaired) electrons. The van der Waals surface area contributed by atoms with Crippen LogP contribution in [0.25, 0.3) is 0 Å². The molecular formula is C12H14ClNO4. The largest absolute Gasteiger partial charge is 0.463 e. The molecule has 0 saturated carbocycles. The van der Waals surface area contributed by atoms with Crippen LogP contribution in [-0.2, 0) is 14.3 Å². The van der Waals surface area contributed by atoms with Gasteiger partial charge in [-0.1, -0.05) is 11.6 Å². The van der Waals surface area contributed by atoms with E-state index in [9.17, 15) is 9.59 Å². The number of carbonyl (C=O) groups excluding carboxylic acids is 2. The van der Waals surface area contributed by atoms with Gasteiger partial charge in [-0.3, -0.25) is 0 Å². The molecule has 2 N–H and O–H groups in total. The van der Waals surface area contributed by atoms with Gasteiger partial charge in [0.1, 0.15) is 0 Å². The van der Waals surface area contributed by atoms with E-state index in [0.717, 1.165) is 0 Å². The molecule has 1 aromatic rings. The summed E-state index contributed by atoms with van der Waals surface area (Å²) in [6.45, 7) is 3.32. The van der Waals surface area contributed by atoms with Crippen LogP contribution >= 0.6 is 11.6 Å². The first-order chi connectivity index (χ1) is 8.45. The molecule has 0 amide bonds. The lowest BCUT2D eigenvalue weighted by molar-refractivity contribution is -0.152. The summed E-state index contributed by atoms with van der Waals surface area (Å²) in [5.74, 6) is -1.32. The molecule has 98 valence electrons. The third kappa shape index (κ3) is 3.63. The van der Waals surface area contributed by atoms with Gasteiger partial charge in [0.05, 0.1) is 17.2 Å². The number of hydrogen-bond donors (Lipinski definition) is 1. The Morgan fingerprint density at radius 2 is 2.11 bits per heavy atom. The molecule has 0 aliphatic carbocycles. The van der Waals surface area contributed by atoms with Crippen molar-refractivity contribution in [3.63, 3.8) is 0 Å². The molecule has 0 aliphatic rings. The second-order valence-corrected chi connectivity index (χ2v) is 3.95. The summed E-state index contributed by atoms with van der Waals surface area (Å²) >= 11 is 5.84. The van der Waals surface area contributed by atoms with Crippen molar-refractivity contribution >= 4 is 29.2 Å². The number of rotatable bonds is 4. The highest BCUT2D eigenvalue weighted by molar-refractivity contribution is 6.33. The number of hydrogen-bond acceptors (Lipinski definition) is 5. The second kappa shape index (κ2) is 6.26. The van der Waals surface area contributed by atoms with E-state index in [1.807, 2.05) is 0 Å². The van der Waals surface area contributed by atoms with Crippen molar-refractivity contribution in [2.45, 2.75) is 20.0 Å². The van der Waals surface area contributed by atoms with Crippen LogP contribution < -0.4 is 5.73 Å². The molecule has 1 unspecified atom stereocenters. The highest BCUT2D eigenvalue weighted by atomic mass is 35.5. The summed E-state index contributed by atoms with van der Waals surface area (Å²) in [5.41, 5.74) is 6.05. The Kier molecular flexibility index (Phi) is 4.97. The van der Waals surface area contributed by atoms with Gasteiger partial charge < -0.3 is 15.2 Å². The lowest BCUT2D eigenvalue weighted by Gasteiger charge is -2.12. The lowest BCUT2D eigenvalue weighted by Crippen LogP contribution is -2.26. The molecule has 0 bridgehead atoms. The van der Waals surface area contributed by atoms with Crippen LogP contribution in [0.2, 0.25) is 5.02 Å². The lowest BCUT2D eigenvalue weighted by atomic mass is 10.2. The van der Waals surface area contributed by atoms with Crippen molar-refractivity contribution in [2.24, 2.45) is 0 Å². The first-order valence-corrected chi connectivity index (χ1v) is 5.76. The minimum absolute atomic E-state index is 0.118. The molecule has 5 nitrogen and oxygen atoms in total. The van der Waals surface area contributed by atoms with E-state index < -0.39 is 18.0 Å². The van der Waals surface area contributed by atoms with Crippen molar-refractivity contribution < 1.29 is 19.1 Å². The molecule has 1 atom stereocenters. The van der Waals surface area contributed by atoms with Crippen molar-refractivity contribution in [1.29, 1.82) is 0 Å². The highest BCUT2D eigenvalue weighted by Gasteiger charge is 2.21. The maximum Gasteiger partial charge on any atom is 0.347 e. The quantitative estimate of drug-likeness (QED) is 0.670. The number of carbonyl (C=O) groups is 2. The van der Waals surface area contributed by atoms with E-state index in [0.29, 0.717) is 5.69 Å². The number of nitrogens with two attached hydrogens (primary N) is 1. The molecule has 1 rings (SSSR count). The zero-order valence-electron chi connectivity index (χ0n) is 10.1. The van der Waals surface area contributed by atoms with Crippen LogP contribution in [0, 0.1) is 0 Å². The molecule has 0 spiro atoms. The first kappa shape index (κ1) is 14.3. The Bertz CT molecular complexity index is 461. The Morgan fingerprint density at radius 3 is 2.72 bits per heavy atom. The van der Waals surface area contributed by atoms with Gasteiger partial charge >= 0.3 is 11.9 Å². The van der Waals surface area contributed by atoms with Crippen molar-refractivity contribution in [2.75, 3.05) is 12.3 Å². The smallest absolute Gasteiger partial charge is 0.347 e. The number of ether oxygens (including phenoxy) is 2. The third-order valence-electron chi connectivity index (χ3n) is 2.11. The zero-order chi connectivity index (χ0) is 13.7. The Labute approximate surface area is 110 Å². The van der Waals surface area contributed by atoms with E-state index in [4.69, 9.17) is 26.8 Å². The van der Waals surface area contributed by atoms with E-state index in [1.165, 1.54) is 19.1 Å². The topological polar surface area (TPSA) is 78.6 Å². The summed E-state index contributed by atoms with van der Waals surface area (Å²) in [6.07, 6.45) is -0.991. The summed E-state index contributed by atoms with van der Waals surface area (Å²) in [6, 6.07) is 4.44. The maximum atomic E-state index is 11.8. The molecule has 0 fully saturated rings. The van der Waals surface area contributed by atoms with Crippen LogP contribution in [0.1, 0.15) is 24.2 Å². The Balaban J connectivity index is 2.76. The molecule has 0 aromatic heterocycles. The zero-order valence-corrected chi connectivity index (χ0v) is 10.9. The monoisotopic (exact) mass is 271 g/mol. The van der Waals surface area contributed by atoms with Crippen LogP contribution in [0.5, 0.6) is 0 Å². The Morgan fingerprint density at radius 1 is 1.44 bits per heavy atom. The summed E-state index contributed by atoms with van der Waals surface area (Å²) in [7, 11) is 0. The average Bonchev–Trinajstić information content (AvgIpc) is 2.32. The summed E-state index contributed by atoms with van der Waals surface area (Å²) in [4.78, 5) is 23.1. The number of benzene rings is 1. The fourth-order valence-corrected chi connectivity index (χ4v) is 1.43. The van der Waals surface area contributed by atoms with Gasteiger partial charge in [-0.15, -0.1) is 0 Å². The number of esters is 2. The van der Waals surface area contributed by atoms with Gasteiger partial charge in [-0.25, -0.2) is 9.59 Å². The Hall–Kier alpha value is -1.75. The number of nitrogen functional groups attached to an aromatic ring is 1. The average molecular weight is 272 g/mol. The van der Waals surface area contributed by atoms with E-state index in [2.05, 4.69) is 0 Å². The molecule has 0 saturated heterocycles. The van der Waals surface area contributed by atoms with Crippen LogP contribution in [-0.4, -0.2) is 24.6 Å². The standard InChI is InChI=1S/C12H14ClNO4/c1-3-17-11(15)7(2)18-12(16)9-6-8(14)4-5-10(9)13/h4-7H,3,14H2,1-2H3. The van der Waals surface area contributed by atoms with Crippen LogP contribution in [0.15, 0.2) is 18.2 Å². The SMILES string of the molecule is CCOC(=O)C(C)OC(=O)c1cc(N)ccc1Cl. The van der Waals surface area contributed by atoms with Gasteiger partial charge in [-0.2, -0.15) is 0 Å². The van der Waals surface area contributed by atoms with Gasteiger partial charge in [0.25, 0.3) is 0 Å². The predicted octanol–water partition coefficient (Wildman–Crippen LogP) is 2.03. The molecule has 6 heteroatoms. The van der Waals surface area contributed by atoms with E-state index >= 15 is 0 Å². The minimum atomic E-state index is -0.991. The van der Waals surface area contributed by atoms with Crippen molar-refractivity contribution in [1.82, 2.24) is 0 Å². The summed E-state index contributed by atoms with van der Waals surface area (Å²) < 4.78 is 9.65. The third-order valence-corrected chi connectivity index (χ3v) is 2.44. The van der Waals surface area contributed by atoms with Gasteiger partial charge in [0, 0.05) is 5.69 Å². The minimum Gasteiger partial charge on any atom is -0.463 e.